The average Bonchev–Trinajstić information content (AvgIpc) is 3.20. The Kier molecular flexibility index (Phi) is 6.17. The third-order valence-electron chi connectivity index (χ3n) is 6.81. The van der Waals surface area contributed by atoms with E-state index < -0.39 is 36.0 Å². The summed E-state index contributed by atoms with van der Waals surface area (Å²) in [4.78, 5) is 4.56. The van der Waals surface area contributed by atoms with Crippen LogP contribution in [0.3, 0.4) is 0 Å². The minimum atomic E-state index is -4.91. The summed E-state index contributed by atoms with van der Waals surface area (Å²) >= 11 is 0. The van der Waals surface area contributed by atoms with Gasteiger partial charge in [-0.05, 0) is 49.4 Å². The van der Waals surface area contributed by atoms with Gasteiger partial charge in [0.25, 0.3) is 0 Å². The summed E-state index contributed by atoms with van der Waals surface area (Å²) in [5, 5.41) is 13.8. The van der Waals surface area contributed by atoms with E-state index in [2.05, 4.69) is 10.3 Å². The van der Waals surface area contributed by atoms with Crippen molar-refractivity contribution in [1.29, 1.82) is 0 Å². The normalized spacial score (nSPS) is 19.6. The second-order valence-electron chi connectivity index (χ2n) is 10.1. The van der Waals surface area contributed by atoms with E-state index in [1.54, 1.807) is 13.8 Å². The van der Waals surface area contributed by atoms with E-state index in [1.807, 2.05) is 32.1 Å². The first-order valence-electron chi connectivity index (χ1n) is 11.5. The Morgan fingerprint density at radius 3 is 2.65 bits per heavy atom. The fourth-order valence-corrected chi connectivity index (χ4v) is 4.97. The fourth-order valence-electron chi connectivity index (χ4n) is 4.97. The van der Waals surface area contributed by atoms with Crippen LogP contribution in [0.1, 0.15) is 67.6 Å². The van der Waals surface area contributed by atoms with Gasteiger partial charge in [-0.25, -0.2) is 4.39 Å². The molecule has 0 saturated carbocycles. The fraction of sp³-hybridized carbons (Fsp3) is 0.500. The van der Waals surface area contributed by atoms with Crippen molar-refractivity contribution in [1.82, 2.24) is 10.3 Å². The number of aromatic nitrogens is 1. The van der Waals surface area contributed by atoms with Gasteiger partial charge >= 0.3 is 6.18 Å². The number of aliphatic hydroxyl groups is 1. The molecule has 4 rings (SSSR count). The lowest BCUT2D eigenvalue weighted by Crippen LogP contribution is -2.55. The van der Waals surface area contributed by atoms with E-state index in [0.717, 1.165) is 17.0 Å². The van der Waals surface area contributed by atoms with Gasteiger partial charge in [-0.15, -0.1) is 0 Å². The lowest BCUT2D eigenvalue weighted by molar-refractivity contribution is -0.263. The smallest absolute Gasteiger partial charge is 0.418 e. The van der Waals surface area contributed by atoms with Crippen molar-refractivity contribution in [3.8, 4) is 5.75 Å². The largest absolute Gasteiger partial charge is 0.493 e. The van der Waals surface area contributed by atoms with E-state index >= 15 is 0 Å². The van der Waals surface area contributed by atoms with Crippen molar-refractivity contribution < 1.29 is 27.4 Å². The minimum Gasteiger partial charge on any atom is -0.493 e. The van der Waals surface area contributed by atoms with Crippen LogP contribution < -0.4 is 10.1 Å². The Morgan fingerprint density at radius 1 is 1.21 bits per heavy atom. The van der Waals surface area contributed by atoms with Crippen LogP contribution >= 0.6 is 0 Å². The molecule has 1 aliphatic heterocycles. The third-order valence-corrected chi connectivity index (χ3v) is 6.81. The molecule has 2 heterocycles. The number of allylic oxidation sites excluding steroid dienone is 1. The van der Waals surface area contributed by atoms with E-state index in [4.69, 9.17) is 4.74 Å². The highest BCUT2D eigenvalue weighted by atomic mass is 19.4. The first-order chi connectivity index (χ1) is 15.8. The molecule has 34 heavy (non-hydrogen) atoms. The molecule has 0 amide bonds. The number of rotatable bonds is 6. The average molecular weight is 479 g/mol. The molecule has 0 fully saturated rings. The third kappa shape index (κ3) is 4.52. The molecule has 2 aromatic rings. The zero-order chi connectivity index (χ0) is 24.9. The van der Waals surface area contributed by atoms with E-state index in [0.29, 0.717) is 42.0 Å². The van der Waals surface area contributed by atoms with Crippen LogP contribution in [-0.2, 0) is 11.8 Å². The van der Waals surface area contributed by atoms with Crippen LogP contribution in [0.2, 0.25) is 0 Å². The van der Waals surface area contributed by atoms with Gasteiger partial charge in [0.2, 0.25) is 0 Å². The summed E-state index contributed by atoms with van der Waals surface area (Å²) < 4.78 is 62.6. The summed E-state index contributed by atoms with van der Waals surface area (Å²) in [6.07, 6.45) is -2.60. The molecule has 0 radical (unpaired) electrons. The first kappa shape index (κ1) is 24.5. The number of nitrogens with one attached hydrogen (secondary N) is 1. The zero-order valence-corrected chi connectivity index (χ0v) is 19.8. The standard InChI is InChI=1S/C26H30F4N2O2/c1-15-5-8-21(19-7-6-16(2)32-22(15)19)31-14-25(33,26(28,29)30)13-24(3,4)20-12-18(27)11-17-9-10-34-23(17)20/h6-8,11-12,15,31,33H,5,9-10,13-14H2,1-4H3/t15?,25-/m0/s1. The molecule has 0 saturated heterocycles. The highest BCUT2D eigenvalue weighted by Crippen LogP contribution is 2.46. The first-order valence-corrected chi connectivity index (χ1v) is 11.5. The van der Waals surface area contributed by atoms with Crippen molar-refractivity contribution in [3.05, 3.63) is 64.2 Å². The Hall–Kier alpha value is -2.61. The summed E-state index contributed by atoms with van der Waals surface area (Å²) in [6.45, 7) is 6.65. The molecule has 2 N–H and O–H groups in total. The van der Waals surface area contributed by atoms with Crippen LogP contribution in [0.25, 0.3) is 5.70 Å². The number of aryl methyl sites for hydroxylation is 1. The Morgan fingerprint density at radius 2 is 1.94 bits per heavy atom. The molecular weight excluding hydrogens is 448 g/mol. The van der Waals surface area contributed by atoms with Crippen molar-refractivity contribution in [2.24, 2.45) is 0 Å². The van der Waals surface area contributed by atoms with Crippen LogP contribution in [-0.4, -0.2) is 35.0 Å². The monoisotopic (exact) mass is 478 g/mol. The molecule has 2 atom stereocenters. The summed E-state index contributed by atoms with van der Waals surface area (Å²) in [6, 6.07) is 6.22. The number of fused-ring (bicyclic) bond motifs is 2. The molecule has 8 heteroatoms. The van der Waals surface area contributed by atoms with Gasteiger partial charge in [-0.2, -0.15) is 13.2 Å². The molecule has 184 valence electrons. The number of hydrogen-bond acceptors (Lipinski definition) is 4. The molecule has 1 aromatic heterocycles. The van der Waals surface area contributed by atoms with Crippen LogP contribution in [0.4, 0.5) is 17.6 Å². The van der Waals surface area contributed by atoms with E-state index in [1.165, 1.54) is 12.1 Å². The lowest BCUT2D eigenvalue weighted by Gasteiger charge is -2.39. The summed E-state index contributed by atoms with van der Waals surface area (Å²) in [5.74, 6) is 0.0427. The second-order valence-corrected chi connectivity index (χ2v) is 10.1. The maximum Gasteiger partial charge on any atom is 0.418 e. The predicted octanol–water partition coefficient (Wildman–Crippen LogP) is 5.56. The van der Waals surface area contributed by atoms with Crippen LogP contribution in [0.5, 0.6) is 5.75 Å². The van der Waals surface area contributed by atoms with Gasteiger partial charge < -0.3 is 15.2 Å². The molecule has 0 spiro atoms. The molecule has 0 bridgehead atoms. The highest BCUT2D eigenvalue weighted by Gasteiger charge is 2.56. The van der Waals surface area contributed by atoms with Crippen molar-refractivity contribution in [3.63, 3.8) is 0 Å². The zero-order valence-electron chi connectivity index (χ0n) is 19.8. The number of pyridine rings is 1. The number of benzene rings is 1. The number of halogens is 4. The van der Waals surface area contributed by atoms with Gasteiger partial charge in [-0.3, -0.25) is 4.98 Å². The van der Waals surface area contributed by atoms with Gasteiger partial charge in [0.1, 0.15) is 11.6 Å². The van der Waals surface area contributed by atoms with Gasteiger partial charge in [-0.1, -0.05) is 26.8 Å². The lowest BCUT2D eigenvalue weighted by atomic mass is 9.74. The molecule has 2 aliphatic rings. The number of hydrogen-bond donors (Lipinski definition) is 2. The molecule has 4 nitrogen and oxygen atoms in total. The van der Waals surface area contributed by atoms with E-state index in [-0.39, 0.29) is 5.92 Å². The van der Waals surface area contributed by atoms with E-state index in [9.17, 15) is 22.7 Å². The second kappa shape index (κ2) is 8.56. The molecule has 1 aliphatic carbocycles. The van der Waals surface area contributed by atoms with Crippen molar-refractivity contribution in [2.45, 2.75) is 70.1 Å². The summed E-state index contributed by atoms with van der Waals surface area (Å²) in [7, 11) is 0. The van der Waals surface area contributed by atoms with Crippen LogP contribution in [0.15, 0.2) is 30.3 Å². The number of ether oxygens (including phenoxy) is 1. The topological polar surface area (TPSA) is 54.4 Å². The minimum absolute atomic E-state index is 0.149. The SMILES string of the molecule is Cc1ccc2c(n1)C(C)CC=C2NC[C@@](O)(CC(C)(C)c1cc(F)cc2c1OCC2)C(F)(F)F. The molecular formula is C26H30F4N2O2. The Labute approximate surface area is 197 Å². The molecule has 1 aromatic carbocycles. The molecule has 1 unspecified atom stereocenters. The number of alkyl halides is 3. The Bertz CT molecular complexity index is 1130. The van der Waals surface area contributed by atoms with Gasteiger partial charge in [0.15, 0.2) is 5.60 Å². The quantitative estimate of drug-likeness (QED) is 0.534. The predicted molar refractivity (Wildman–Crippen MR) is 122 cm³/mol. The van der Waals surface area contributed by atoms with Gasteiger partial charge in [0.05, 0.1) is 18.8 Å². The maximum absolute atomic E-state index is 14.2. The van der Waals surface area contributed by atoms with Crippen LogP contribution in [0, 0.1) is 12.7 Å². The Balaban J connectivity index is 1.62. The van der Waals surface area contributed by atoms with Gasteiger partial charge in [0, 0.05) is 40.4 Å². The summed E-state index contributed by atoms with van der Waals surface area (Å²) in [5.41, 5.74) is -0.375. The number of nitrogens with zero attached hydrogens (tertiary/aromatic N) is 1. The van der Waals surface area contributed by atoms with Crippen molar-refractivity contribution in [2.75, 3.05) is 13.2 Å². The highest BCUT2D eigenvalue weighted by molar-refractivity contribution is 5.68. The van der Waals surface area contributed by atoms with Crippen molar-refractivity contribution >= 4 is 5.70 Å². The maximum atomic E-state index is 14.2.